The first kappa shape index (κ1) is 11.4. The fourth-order valence-corrected chi connectivity index (χ4v) is 2.18. The van der Waals surface area contributed by atoms with Crippen LogP contribution in [-0.2, 0) is 0 Å². The molecule has 0 saturated heterocycles. The molecule has 0 aliphatic heterocycles. The summed E-state index contributed by atoms with van der Waals surface area (Å²) < 4.78 is 0. The summed E-state index contributed by atoms with van der Waals surface area (Å²) in [6.07, 6.45) is 4.56. The van der Waals surface area contributed by atoms with E-state index in [1.807, 2.05) is 12.3 Å². The minimum Gasteiger partial charge on any atom is -0.393 e. The van der Waals surface area contributed by atoms with Crippen LogP contribution in [0.25, 0.3) is 0 Å². The number of aliphatic hydroxyl groups excluding tert-OH is 1. The summed E-state index contributed by atoms with van der Waals surface area (Å²) in [6.45, 7) is 4.29. The predicted molar refractivity (Wildman–Crippen MR) is 65.6 cm³/mol. The fourth-order valence-electron chi connectivity index (χ4n) is 2.18. The normalized spacial score (nSPS) is 25.0. The monoisotopic (exact) mass is 220 g/mol. The number of aliphatic hydroxyl groups is 1. The third kappa shape index (κ3) is 2.73. The van der Waals surface area contributed by atoms with Crippen LogP contribution in [0.3, 0.4) is 0 Å². The third-order valence-electron chi connectivity index (χ3n) is 3.15. The zero-order valence-electron chi connectivity index (χ0n) is 9.98. The smallest absolute Gasteiger partial charge is 0.0560 e. The van der Waals surface area contributed by atoms with Gasteiger partial charge in [-0.15, -0.1) is 0 Å². The van der Waals surface area contributed by atoms with Crippen molar-refractivity contribution >= 4 is 5.69 Å². The van der Waals surface area contributed by atoms with Crippen molar-refractivity contribution in [2.75, 3.05) is 5.32 Å². The van der Waals surface area contributed by atoms with Crippen LogP contribution in [0.5, 0.6) is 0 Å². The van der Waals surface area contributed by atoms with Gasteiger partial charge in [-0.3, -0.25) is 4.98 Å². The Bertz CT molecular complexity index is 352. The number of aromatic nitrogens is 1. The van der Waals surface area contributed by atoms with E-state index in [9.17, 15) is 5.11 Å². The van der Waals surface area contributed by atoms with Crippen LogP contribution in [0.2, 0.25) is 0 Å². The van der Waals surface area contributed by atoms with E-state index in [0.717, 1.165) is 30.6 Å². The van der Waals surface area contributed by atoms with E-state index in [2.05, 4.69) is 30.2 Å². The number of nitrogens with zero attached hydrogens (tertiary/aromatic N) is 1. The molecule has 0 spiro atoms. The van der Waals surface area contributed by atoms with Gasteiger partial charge in [0.05, 0.1) is 6.10 Å². The highest BCUT2D eigenvalue weighted by Crippen LogP contribution is 2.24. The maximum Gasteiger partial charge on any atom is 0.0560 e. The van der Waals surface area contributed by atoms with Gasteiger partial charge >= 0.3 is 0 Å². The first-order chi connectivity index (χ1) is 7.65. The van der Waals surface area contributed by atoms with Crippen molar-refractivity contribution in [3.63, 3.8) is 0 Å². The lowest BCUT2D eigenvalue weighted by Crippen LogP contribution is -2.16. The molecule has 88 valence electrons. The Morgan fingerprint density at radius 2 is 2.25 bits per heavy atom. The molecule has 2 unspecified atom stereocenters. The molecule has 3 nitrogen and oxygen atoms in total. The van der Waals surface area contributed by atoms with Crippen LogP contribution in [0.15, 0.2) is 18.3 Å². The van der Waals surface area contributed by atoms with Gasteiger partial charge in [-0.05, 0) is 37.3 Å². The Morgan fingerprint density at radius 1 is 1.44 bits per heavy atom. The lowest BCUT2D eigenvalue weighted by Gasteiger charge is -2.15. The maximum absolute atomic E-state index is 9.47. The third-order valence-corrected chi connectivity index (χ3v) is 3.15. The summed E-state index contributed by atoms with van der Waals surface area (Å²) in [5.41, 5.74) is 2.24. The topological polar surface area (TPSA) is 45.1 Å². The van der Waals surface area contributed by atoms with Crippen LogP contribution in [0.4, 0.5) is 5.69 Å². The highest BCUT2D eigenvalue weighted by Gasteiger charge is 2.22. The molecule has 16 heavy (non-hydrogen) atoms. The number of nitrogens with one attached hydrogen (secondary N) is 1. The minimum absolute atomic E-state index is 0.121. The molecule has 0 aromatic carbocycles. The van der Waals surface area contributed by atoms with Gasteiger partial charge in [-0.2, -0.15) is 0 Å². The molecule has 1 aromatic rings. The van der Waals surface area contributed by atoms with E-state index in [1.165, 1.54) is 0 Å². The average Bonchev–Trinajstić information content (AvgIpc) is 2.64. The number of anilines is 1. The maximum atomic E-state index is 9.47. The number of hydrogen-bond donors (Lipinski definition) is 2. The standard InChI is InChI=1S/C13H20N2O/c1-9(2)13-8-11(5-6-14-13)15-10-3-4-12(16)7-10/h5-6,8-10,12,16H,3-4,7H2,1-2H3,(H,14,15). The van der Waals surface area contributed by atoms with Crippen LogP contribution in [0, 0.1) is 0 Å². The summed E-state index contributed by atoms with van der Waals surface area (Å²) in [6, 6.07) is 4.52. The van der Waals surface area contributed by atoms with Crippen molar-refractivity contribution in [3.8, 4) is 0 Å². The van der Waals surface area contributed by atoms with Crippen molar-refractivity contribution in [3.05, 3.63) is 24.0 Å². The molecular formula is C13H20N2O. The number of hydrogen-bond acceptors (Lipinski definition) is 3. The van der Waals surface area contributed by atoms with Gasteiger partial charge in [0.15, 0.2) is 0 Å². The molecule has 2 N–H and O–H groups in total. The Balaban J connectivity index is 2.01. The SMILES string of the molecule is CC(C)c1cc(NC2CCC(O)C2)ccn1. The predicted octanol–water partition coefficient (Wildman–Crippen LogP) is 2.53. The van der Waals surface area contributed by atoms with Gasteiger partial charge in [0.2, 0.25) is 0 Å². The molecule has 2 atom stereocenters. The fraction of sp³-hybridized carbons (Fsp3) is 0.615. The van der Waals surface area contributed by atoms with E-state index < -0.39 is 0 Å². The van der Waals surface area contributed by atoms with Gasteiger partial charge in [-0.25, -0.2) is 0 Å². The van der Waals surface area contributed by atoms with Crippen molar-refractivity contribution < 1.29 is 5.11 Å². The van der Waals surface area contributed by atoms with Crippen molar-refractivity contribution in [2.24, 2.45) is 0 Å². The second-order valence-electron chi connectivity index (χ2n) is 4.93. The van der Waals surface area contributed by atoms with Gasteiger partial charge in [0.1, 0.15) is 0 Å². The number of pyridine rings is 1. The molecule has 1 aromatic heterocycles. The molecule has 1 fully saturated rings. The van der Waals surface area contributed by atoms with E-state index in [-0.39, 0.29) is 6.10 Å². The van der Waals surface area contributed by atoms with E-state index in [0.29, 0.717) is 12.0 Å². The van der Waals surface area contributed by atoms with Gasteiger partial charge < -0.3 is 10.4 Å². The van der Waals surface area contributed by atoms with Crippen LogP contribution >= 0.6 is 0 Å². The second kappa shape index (κ2) is 4.83. The summed E-state index contributed by atoms with van der Waals surface area (Å²) in [7, 11) is 0. The molecule has 1 aliphatic carbocycles. The van der Waals surface area contributed by atoms with Crippen molar-refractivity contribution in [2.45, 2.75) is 51.2 Å². The van der Waals surface area contributed by atoms with E-state index in [4.69, 9.17) is 0 Å². The zero-order valence-corrected chi connectivity index (χ0v) is 9.98. The minimum atomic E-state index is -0.121. The first-order valence-electron chi connectivity index (χ1n) is 6.05. The van der Waals surface area contributed by atoms with Gasteiger partial charge in [-0.1, -0.05) is 13.8 Å². The summed E-state index contributed by atoms with van der Waals surface area (Å²) in [4.78, 5) is 4.34. The highest BCUT2D eigenvalue weighted by molar-refractivity contribution is 5.44. The van der Waals surface area contributed by atoms with Gasteiger partial charge in [0.25, 0.3) is 0 Å². The Morgan fingerprint density at radius 3 is 2.88 bits per heavy atom. The van der Waals surface area contributed by atoms with Gasteiger partial charge in [0, 0.05) is 23.6 Å². The molecule has 2 rings (SSSR count). The molecule has 0 amide bonds. The second-order valence-corrected chi connectivity index (χ2v) is 4.93. The number of rotatable bonds is 3. The Kier molecular flexibility index (Phi) is 3.44. The Hall–Kier alpha value is -1.09. The summed E-state index contributed by atoms with van der Waals surface area (Å²) in [5.74, 6) is 0.455. The first-order valence-corrected chi connectivity index (χ1v) is 6.05. The van der Waals surface area contributed by atoms with Crippen molar-refractivity contribution in [1.82, 2.24) is 4.98 Å². The highest BCUT2D eigenvalue weighted by atomic mass is 16.3. The van der Waals surface area contributed by atoms with Crippen molar-refractivity contribution in [1.29, 1.82) is 0 Å². The zero-order chi connectivity index (χ0) is 11.5. The van der Waals surface area contributed by atoms with E-state index >= 15 is 0 Å². The molecule has 1 saturated carbocycles. The molecule has 0 radical (unpaired) electrons. The summed E-state index contributed by atoms with van der Waals surface area (Å²) in [5, 5.41) is 12.9. The van der Waals surface area contributed by atoms with Crippen LogP contribution < -0.4 is 5.32 Å². The largest absolute Gasteiger partial charge is 0.393 e. The molecule has 1 heterocycles. The van der Waals surface area contributed by atoms with Crippen LogP contribution in [0.1, 0.15) is 44.7 Å². The molecular weight excluding hydrogens is 200 g/mol. The average molecular weight is 220 g/mol. The molecule has 3 heteroatoms. The Labute approximate surface area is 96.9 Å². The van der Waals surface area contributed by atoms with E-state index in [1.54, 1.807) is 0 Å². The quantitative estimate of drug-likeness (QED) is 0.822. The lowest BCUT2D eigenvalue weighted by molar-refractivity contribution is 0.182. The molecule has 1 aliphatic rings. The van der Waals surface area contributed by atoms with Crippen LogP contribution in [-0.4, -0.2) is 22.2 Å². The summed E-state index contributed by atoms with van der Waals surface area (Å²) >= 11 is 0. The lowest BCUT2D eigenvalue weighted by atomic mass is 10.1. The molecule has 0 bridgehead atoms.